The minimum absolute atomic E-state index is 0.0198. The zero-order valence-electron chi connectivity index (χ0n) is 15.5. The van der Waals surface area contributed by atoms with Crippen molar-refractivity contribution in [2.45, 2.75) is 12.3 Å². The molecule has 2 amide bonds. The standard InChI is InChI=1S/C20H17ClN4O4/c1-28-16-8-7-13(21)10-15(16)18(27)22-20-24-23-19(29-20)12-9-17(26)25(11-12)14-5-3-2-4-6-14/h2-8,10,12H,9,11H2,1H3,(H,22,24,27). The average molecular weight is 413 g/mol. The molecule has 1 atom stereocenters. The third-order valence-electron chi connectivity index (χ3n) is 4.61. The second-order valence-electron chi connectivity index (χ2n) is 6.49. The molecule has 1 aromatic heterocycles. The van der Waals surface area contributed by atoms with Crippen LogP contribution in [-0.2, 0) is 4.79 Å². The Labute approximate surface area is 171 Å². The van der Waals surface area contributed by atoms with Gasteiger partial charge in [0.2, 0.25) is 11.8 Å². The first-order valence-corrected chi connectivity index (χ1v) is 9.26. The molecule has 29 heavy (non-hydrogen) atoms. The largest absolute Gasteiger partial charge is 0.496 e. The SMILES string of the molecule is COc1ccc(Cl)cc1C(=O)Nc1nnc(C2CC(=O)N(c3ccccc3)C2)o1. The molecule has 9 heteroatoms. The van der Waals surface area contributed by atoms with E-state index in [1.807, 2.05) is 30.3 Å². The third kappa shape index (κ3) is 3.93. The summed E-state index contributed by atoms with van der Waals surface area (Å²) in [6.07, 6.45) is 0.257. The number of hydrogen-bond donors (Lipinski definition) is 1. The summed E-state index contributed by atoms with van der Waals surface area (Å²) in [6.45, 7) is 0.431. The van der Waals surface area contributed by atoms with Crippen LogP contribution in [0.3, 0.4) is 0 Å². The summed E-state index contributed by atoms with van der Waals surface area (Å²) < 4.78 is 10.8. The molecule has 1 fully saturated rings. The van der Waals surface area contributed by atoms with Crippen molar-refractivity contribution in [2.24, 2.45) is 0 Å². The molecule has 1 saturated heterocycles. The van der Waals surface area contributed by atoms with Gasteiger partial charge in [0.15, 0.2) is 0 Å². The van der Waals surface area contributed by atoms with Crippen molar-refractivity contribution in [2.75, 3.05) is 23.9 Å². The monoisotopic (exact) mass is 412 g/mol. The lowest BCUT2D eigenvalue weighted by atomic mass is 10.1. The van der Waals surface area contributed by atoms with Gasteiger partial charge in [-0.1, -0.05) is 34.9 Å². The number of aromatic nitrogens is 2. The van der Waals surface area contributed by atoms with E-state index in [9.17, 15) is 9.59 Å². The molecule has 0 saturated carbocycles. The Morgan fingerprint density at radius 3 is 2.79 bits per heavy atom. The zero-order chi connectivity index (χ0) is 20.4. The summed E-state index contributed by atoms with van der Waals surface area (Å²) in [6, 6.07) is 14.0. The highest BCUT2D eigenvalue weighted by atomic mass is 35.5. The van der Waals surface area contributed by atoms with E-state index in [2.05, 4.69) is 15.5 Å². The molecule has 0 aliphatic carbocycles. The minimum atomic E-state index is -0.493. The zero-order valence-corrected chi connectivity index (χ0v) is 16.2. The number of nitrogens with zero attached hydrogens (tertiary/aromatic N) is 3. The van der Waals surface area contributed by atoms with E-state index in [4.69, 9.17) is 20.8 Å². The first kappa shape index (κ1) is 18.9. The number of nitrogens with one attached hydrogen (secondary N) is 1. The molecule has 1 aliphatic heterocycles. The highest BCUT2D eigenvalue weighted by Crippen LogP contribution is 2.31. The quantitative estimate of drug-likeness (QED) is 0.688. The molecule has 0 spiro atoms. The van der Waals surface area contributed by atoms with E-state index in [0.717, 1.165) is 5.69 Å². The number of methoxy groups -OCH3 is 1. The molecule has 1 aliphatic rings. The lowest BCUT2D eigenvalue weighted by Gasteiger charge is -2.15. The number of benzene rings is 2. The van der Waals surface area contributed by atoms with Crippen molar-refractivity contribution in [1.82, 2.24) is 10.2 Å². The molecule has 2 aromatic carbocycles. The number of halogens is 1. The van der Waals surface area contributed by atoms with Gasteiger partial charge in [-0.2, -0.15) is 0 Å². The fourth-order valence-electron chi connectivity index (χ4n) is 3.20. The van der Waals surface area contributed by atoms with E-state index in [0.29, 0.717) is 23.2 Å². The van der Waals surface area contributed by atoms with Crippen LogP contribution in [0.15, 0.2) is 52.9 Å². The predicted octanol–water partition coefficient (Wildman–Crippen LogP) is 3.50. The van der Waals surface area contributed by atoms with Crippen molar-refractivity contribution in [3.63, 3.8) is 0 Å². The van der Waals surface area contributed by atoms with Gasteiger partial charge >= 0.3 is 6.01 Å². The predicted molar refractivity (Wildman–Crippen MR) is 106 cm³/mol. The summed E-state index contributed by atoms with van der Waals surface area (Å²) in [4.78, 5) is 26.6. The van der Waals surface area contributed by atoms with Crippen molar-refractivity contribution in [3.05, 3.63) is 65.0 Å². The van der Waals surface area contributed by atoms with Crippen molar-refractivity contribution >= 4 is 35.1 Å². The van der Waals surface area contributed by atoms with Gasteiger partial charge in [-0.3, -0.25) is 14.9 Å². The van der Waals surface area contributed by atoms with Gasteiger partial charge in [0.25, 0.3) is 5.91 Å². The van der Waals surface area contributed by atoms with Gasteiger partial charge in [0, 0.05) is 23.7 Å². The highest BCUT2D eigenvalue weighted by Gasteiger charge is 2.35. The molecule has 0 bridgehead atoms. The molecule has 1 N–H and O–H groups in total. The fraction of sp³-hybridized carbons (Fsp3) is 0.200. The second kappa shape index (κ2) is 7.92. The normalized spacial score (nSPS) is 16.1. The maximum atomic E-state index is 12.5. The van der Waals surface area contributed by atoms with E-state index in [1.165, 1.54) is 13.2 Å². The van der Waals surface area contributed by atoms with Gasteiger partial charge in [0.05, 0.1) is 18.6 Å². The van der Waals surface area contributed by atoms with Crippen LogP contribution in [0.25, 0.3) is 0 Å². The van der Waals surface area contributed by atoms with E-state index in [-0.39, 0.29) is 29.8 Å². The van der Waals surface area contributed by atoms with Crippen molar-refractivity contribution < 1.29 is 18.7 Å². The fourth-order valence-corrected chi connectivity index (χ4v) is 3.37. The summed E-state index contributed by atoms with van der Waals surface area (Å²) in [5.74, 6) is -0.0974. The Bertz CT molecular complexity index is 1050. The number of ether oxygens (including phenoxy) is 1. The minimum Gasteiger partial charge on any atom is -0.496 e. The van der Waals surface area contributed by atoms with Crippen LogP contribution in [-0.4, -0.2) is 35.7 Å². The Morgan fingerprint density at radius 2 is 2.03 bits per heavy atom. The average Bonchev–Trinajstić information content (AvgIpc) is 3.35. The van der Waals surface area contributed by atoms with Crippen molar-refractivity contribution in [3.8, 4) is 5.75 Å². The number of anilines is 2. The van der Waals surface area contributed by atoms with Gasteiger partial charge in [0.1, 0.15) is 5.75 Å². The van der Waals surface area contributed by atoms with Crippen LogP contribution in [0.1, 0.15) is 28.6 Å². The van der Waals surface area contributed by atoms with Crippen molar-refractivity contribution in [1.29, 1.82) is 0 Å². The van der Waals surface area contributed by atoms with E-state index < -0.39 is 5.91 Å². The Morgan fingerprint density at radius 1 is 1.24 bits per heavy atom. The summed E-state index contributed by atoms with van der Waals surface area (Å²) in [5.41, 5.74) is 1.06. The van der Waals surface area contributed by atoms with Gasteiger partial charge in [-0.15, -0.1) is 5.10 Å². The van der Waals surface area contributed by atoms with Gasteiger partial charge < -0.3 is 14.1 Å². The van der Waals surface area contributed by atoms with Crippen LogP contribution in [0.5, 0.6) is 5.75 Å². The second-order valence-corrected chi connectivity index (χ2v) is 6.92. The summed E-state index contributed by atoms with van der Waals surface area (Å²) >= 11 is 5.97. The molecule has 3 aromatic rings. The molecule has 8 nitrogen and oxygen atoms in total. The Balaban J connectivity index is 1.47. The molecular formula is C20H17ClN4O4. The van der Waals surface area contributed by atoms with Crippen LogP contribution in [0.4, 0.5) is 11.7 Å². The van der Waals surface area contributed by atoms with Crippen LogP contribution in [0, 0.1) is 0 Å². The van der Waals surface area contributed by atoms with Crippen LogP contribution < -0.4 is 15.0 Å². The third-order valence-corrected chi connectivity index (χ3v) is 4.84. The number of carbonyl (C=O) groups excluding carboxylic acids is 2. The number of amides is 2. The van der Waals surface area contributed by atoms with Crippen LogP contribution in [0.2, 0.25) is 5.02 Å². The van der Waals surface area contributed by atoms with Gasteiger partial charge in [-0.25, -0.2) is 0 Å². The maximum absolute atomic E-state index is 12.5. The number of hydrogen-bond acceptors (Lipinski definition) is 6. The number of rotatable bonds is 5. The number of carbonyl (C=O) groups is 2. The maximum Gasteiger partial charge on any atom is 0.322 e. The molecule has 0 radical (unpaired) electrons. The molecule has 148 valence electrons. The Kier molecular flexibility index (Phi) is 5.18. The topological polar surface area (TPSA) is 97.6 Å². The van der Waals surface area contributed by atoms with Crippen LogP contribution >= 0.6 is 11.6 Å². The smallest absolute Gasteiger partial charge is 0.322 e. The molecular weight excluding hydrogens is 396 g/mol. The summed E-state index contributed by atoms with van der Waals surface area (Å²) in [7, 11) is 1.46. The molecule has 2 heterocycles. The highest BCUT2D eigenvalue weighted by molar-refractivity contribution is 6.31. The summed E-state index contributed by atoms with van der Waals surface area (Å²) in [5, 5.41) is 10.8. The molecule has 4 rings (SSSR count). The van der Waals surface area contributed by atoms with Gasteiger partial charge in [-0.05, 0) is 30.3 Å². The first-order valence-electron chi connectivity index (χ1n) is 8.89. The first-order chi connectivity index (χ1) is 14.0. The van der Waals surface area contributed by atoms with E-state index >= 15 is 0 Å². The Hall–Kier alpha value is -3.39. The number of para-hydroxylation sites is 1. The lowest BCUT2D eigenvalue weighted by molar-refractivity contribution is -0.117. The molecule has 1 unspecified atom stereocenters. The lowest BCUT2D eigenvalue weighted by Crippen LogP contribution is -2.24. The van der Waals surface area contributed by atoms with E-state index in [1.54, 1.807) is 17.0 Å².